The van der Waals surface area contributed by atoms with E-state index in [1.807, 2.05) is 60.7 Å². The van der Waals surface area contributed by atoms with E-state index in [-0.39, 0.29) is 5.63 Å². The fraction of sp³-hybridized carbons (Fsp3) is 0.105. The van der Waals surface area contributed by atoms with Crippen LogP contribution in [0.15, 0.2) is 69.9 Å². The van der Waals surface area contributed by atoms with Gasteiger partial charge in [-0.1, -0.05) is 48.5 Å². The molecular formula is C19H15NO2. The van der Waals surface area contributed by atoms with Crippen molar-refractivity contribution < 1.29 is 4.42 Å². The van der Waals surface area contributed by atoms with Crippen molar-refractivity contribution >= 4 is 21.8 Å². The molecule has 4 aromatic rings. The fourth-order valence-electron chi connectivity index (χ4n) is 3.08. The Morgan fingerprint density at radius 1 is 0.955 bits per heavy atom. The molecule has 0 atom stereocenters. The van der Waals surface area contributed by atoms with E-state index in [1.54, 1.807) is 0 Å². The Bertz CT molecular complexity index is 1030. The van der Waals surface area contributed by atoms with Crippen molar-refractivity contribution in [2.24, 2.45) is 0 Å². The minimum atomic E-state index is -0.278. The molecule has 0 radical (unpaired) electrons. The van der Waals surface area contributed by atoms with Crippen LogP contribution in [0.2, 0.25) is 0 Å². The van der Waals surface area contributed by atoms with Gasteiger partial charge in [0.05, 0.1) is 10.9 Å². The predicted molar refractivity (Wildman–Crippen MR) is 89.1 cm³/mol. The number of fused-ring (bicyclic) bond motifs is 3. The van der Waals surface area contributed by atoms with Crippen molar-refractivity contribution in [3.63, 3.8) is 0 Å². The molecule has 0 unspecified atom stereocenters. The maximum absolute atomic E-state index is 12.5. The van der Waals surface area contributed by atoms with Gasteiger partial charge < -0.3 is 8.98 Å². The Morgan fingerprint density at radius 2 is 1.68 bits per heavy atom. The molecule has 3 nitrogen and oxygen atoms in total. The first kappa shape index (κ1) is 12.9. The van der Waals surface area contributed by atoms with E-state index < -0.39 is 0 Å². The molecule has 108 valence electrons. The van der Waals surface area contributed by atoms with Gasteiger partial charge in [-0.3, -0.25) is 0 Å². The van der Waals surface area contributed by atoms with E-state index in [9.17, 15) is 4.79 Å². The molecule has 22 heavy (non-hydrogen) atoms. The van der Waals surface area contributed by atoms with Crippen molar-refractivity contribution in [3.8, 4) is 11.3 Å². The second-order valence-electron chi connectivity index (χ2n) is 5.29. The fourth-order valence-corrected chi connectivity index (χ4v) is 3.08. The Labute approximate surface area is 127 Å². The summed E-state index contributed by atoms with van der Waals surface area (Å²) in [5.41, 5.74) is 2.63. The van der Waals surface area contributed by atoms with E-state index in [4.69, 9.17) is 4.42 Å². The SMILES string of the molecule is CCn1c2ccccc2c2c(=O)oc(-c3ccccc3)cc21. The first-order valence-electron chi connectivity index (χ1n) is 7.40. The van der Waals surface area contributed by atoms with Gasteiger partial charge in [-0.05, 0) is 13.0 Å². The molecule has 0 spiro atoms. The molecule has 2 aromatic heterocycles. The van der Waals surface area contributed by atoms with E-state index in [2.05, 4.69) is 11.5 Å². The maximum atomic E-state index is 12.5. The van der Waals surface area contributed by atoms with Gasteiger partial charge in [-0.15, -0.1) is 0 Å². The molecule has 2 heterocycles. The maximum Gasteiger partial charge on any atom is 0.346 e. The van der Waals surface area contributed by atoms with Gasteiger partial charge in [-0.25, -0.2) is 4.79 Å². The summed E-state index contributed by atoms with van der Waals surface area (Å²) in [6.07, 6.45) is 0. The van der Waals surface area contributed by atoms with E-state index >= 15 is 0 Å². The molecule has 0 aliphatic heterocycles. The van der Waals surface area contributed by atoms with Crippen molar-refractivity contribution in [2.75, 3.05) is 0 Å². The van der Waals surface area contributed by atoms with Gasteiger partial charge in [0.15, 0.2) is 0 Å². The number of hydrogen-bond donors (Lipinski definition) is 0. The van der Waals surface area contributed by atoms with Gasteiger partial charge in [0.25, 0.3) is 0 Å². The molecule has 0 fully saturated rings. The summed E-state index contributed by atoms with van der Waals surface area (Å²) >= 11 is 0. The third-order valence-electron chi connectivity index (χ3n) is 4.06. The highest BCUT2D eigenvalue weighted by molar-refractivity contribution is 6.07. The lowest BCUT2D eigenvalue weighted by atomic mass is 10.1. The zero-order chi connectivity index (χ0) is 15.1. The summed E-state index contributed by atoms with van der Waals surface area (Å²) in [4.78, 5) is 12.5. The zero-order valence-corrected chi connectivity index (χ0v) is 12.2. The molecule has 0 saturated heterocycles. The summed E-state index contributed by atoms with van der Waals surface area (Å²) in [6, 6.07) is 19.7. The number of nitrogens with zero attached hydrogens (tertiary/aromatic N) is 1. The first-order valence-corrected chi connectivity index (χ1v) is 7.40. The van der Waals surface area contributed by atoms with E-state index in [0.717, 1.165) is 28.5 Å². The van der Waals surface area contributed by atoms with Gasteiger partial charge in [0.2, 0.25) is 0 Å². The summed E-state index contributed by atoms with van der Waals surface area (Å²) in [7, 11) is 0. The van der Waals surface area contributed by atoms with E-state index in [1.165, 1.54) is 0 Å². The number of hydrogen-bond acceptors (Lipinski definition) is 2. The quantitative estimate of drug-likeness (QED) is 0.547. The van der Waals surface area contributed by atoms with Gasteiger partial charge in [0.1, 0.15) is 5.76 Å². The van der Waals surface area contributed by atoms with Crippen molar-refractivity contribution in [1.29, 1.82) is 0 Å². The lowest BCUT2D eigenvalue weighted by Crippen LogP contribution is -2.01. The number of aryl methyl sites for hydroxylation is 1. The molecule has 0 N–H and O–H groups in total. The zero-order valence-electron chi connectivity index (χ0n) is 12.2. The monoisotopic (exact) mass is 289 g/mol. The highest BCUT2D eigenvalue weighted by Gasteiger charge is 2.15. The largest absolute Gasteiger partial charge is 0.422 e. The van der Waals surface area contributed by atoms with Crippen LogP contribution in [0.1, 0.15) is 6.92 Å². The minimum Gasteiger partial charge on any atom is -0.422 e. The van der Waals surface area contributed by atoms with Crippen LogP contribution in [0.3, 0.4) is 0 Å². The second kappa shape index (κ2) is 4.88. The molecule has 2 aromatic carbocycles. The first-order chi connectivity index (χ1) is 10.8. The van der Waals surface area contributed by atoms with Crippen LogP contribution in [0.25, 0.3) is 33.1 Å². The van der Waals surface area contributed by atoms with Crippen LogP contribution in [-0.2, 0) is 6.54 Å². The van der Waals surface area contributed by atoms with Crippen LogP contribution in [-0.4, -0.2) is 4.57 Å². The van der Waals surface area contributed by atoms with Crippen LogP contribution < -0.4 is 5.63 Å². The second-order valence-corrected chi connectivity index (χ2v) is 5.29. The Kier molecular flexibility index (Phi) is 2.86. The Hall–Kier alpha value is -2.81. The lowest BCUT2D eigenvalue weighted by Gasteiger charge is -2.04. The van der Waals surface area contributed by atoms with Crippen LogP contribution in [0.5, 0.6) is 0 Å². The number of para-hydroxylation sites is 1. The average molecular weight is 289 g/mol. The van der Waals surface area contributed by atoms with Crippen LogP contribution in [0.4, 0.5) is 0 Å². The normalized spacial score (nSPS) is 11.3. The average Bonchev–Trinajstić information content (AvgIpc) is 2.89. The van der Waals surface area contributed by atoms with E-state index in [0.29, 0.717) is 11.1 Å². The molecule has 0 aliphatic rings. The number of benzene rings is 2. The standard InChI is InChI=1S/C19H15NO2/c1-2-20-15-11-7-6-10-14(15)18-16(20)12-17(22-19(18)21)13-8-4-3-5-9-13/h3-12H,2H2,1H3. The third kappa shape index (κ3) is 1.79. The van der Waals surface area contributed by atoms with Crippen LogP contribution >= 0.6 is 0 Å². The Morgan fingerprint density at radius 3 is 2.45 bits per heavy atom. The number of aromatic nitrogens is 1. The molecule has 0 saturated carbocycles. The lowest BCUT2D eigenvalue weighted by molar-refractivity contribution is 0.534. The van der Waals surface area contributed by atoms with Gasteiger partial charge in [-0.2, -0.15) is 0 Å². The van der Waals surface area contributed by atoms with Crippen molar-refractivity contribution in [2.45, 2.75) is 13.5 Å². The third-order valence-corrected chi connectivity index (χ3v) is 4.06. The van der Waals surface area contributed by atoms with Crippen LogP contribution in [0, 0.1) is 0 Å². The summed E-state index contributed by atoms with van der Waals surface area (Å²) in [5, 5.41) is 1.62. The summed E-state index contributed by atoms with van der Waals surface area (Å²) < 4.78 is 7.73. The highest BCUT2D eigenvalue weighted by Crippen LogP contribution is 2.29. The van der Waals surface area contributed by atoms with Crippen molar-refractivity contribution in [3.05, 3.63) is 71.1 Å². The molecular weight excluding hydrogens is 274 g/mol. The molecule has 0 aliphatic carbocycles. The van der Waals surface area contributed by atoms with Crippen molar-refractivity contribution in [1.82, 2.24) is 4.57 Å². The molecule has 3 heteroatoms. The molecule has 0 amide bonds. The Balaban J connectivity index is 2.14. The van der Waals surface area contributed by atoms with Gasteiger partial charge >= 0.3 is 5.63 Å². The topological polar surface area (TPSA) is 35.1 Å². The summed E-state index contributed by atoms with van der Waals surface area (Å²) in [6.45, 7) is 2.89. The highest BCUT2D eigenvalue weighted by atomic mass is 16.4. The summed E-state index contributed by atoms with van der Waals surface area (Å²) in [5.74, 6) is 0.607. The molecule has 0 bridgehead atoms. The number of rotatable bonds is 2. The predicted octanol–water partition coefficient (Wildman–Crippen LogP) is 4.43. The van der Waals surface area contributed by atoms with Gasteiger partial charge in [0, 0.05) is 29.1 Å². The smallest absolute Gasteiger partial charge is 0.346 e. The minimum absolute atomic E-state index is 0.278. The molecule has 4 rings (SSSR count).